The third-order valence-corrected chi connectivity index (χ3v) is 5.19. The molecule has 1 aliphatic carbocycles. The highest BCUT2D eigenvalue weighted by atomic mass is 16.4. The average Bonchev–Trinajstić information content (AvgIpc) is 3.40. The van der Waals surface area contributed by atoms with Gasteiger partial charge in [-0.2, -0.15) is 5.26 Å². The monoisotopic (exact) mass is 345 g/mol. The second kappa shape index (κ2) is 7.44. The zero-order valence-corrected chi connectivity index (χ0v) is 15.3. The number of hydrogen-bond donors (Lipinski definition) is 1. The van der Waals surface area contributed by atoms with Crippen molar-refractivity contribution in [3.8, 4) is 6.07 Å². The number of nitrogens with zero attached hydrogens (tertiary/aromatic N) is 4. The van der Waals surface area contributed by atoms with Crippen LogP contribution in [0.15, 0.2) is 4.42 Å². The molecule has 3 rings (SSSR count). The smallest absolute Gasteiger partial charge is 0.237 e. The van der Waals surface area contributed by atoms with Crippen LogP contribution in [0.5, 0.6) is 0 Å². The number of aromatic nitrogens is 1. The van der Waals surface area contributed by atoms with Crippen LogP contribution in [-0.4, -0.2) is 54.1 Å². The Morgan fingerprint density at radius 3 is 2.60 bits per heavy atom. The number of nitriles is 1. The summed E-state index contributed by atoms with van der Waals surface area (Å²) in [5, 5.41) is 12.4. The molecule has 1 saturated carbocycles. The van der Waals surface area contributed by atoms with E-state index in [9.17, 15) is 10.1 Å². The van der Waals surface area contributed by atoms with Crippen molar-refractivity contribution in [2.75, 3.05) is 31.1 Å². The summed E-state index contributed by atoms with van der Waals surface area (Å²) in [6.45, 7) is 9.03. The van der Waals surface area contributed by atoms with E-state index < -0.39 is 0 Å². The lowest BCUT2D eigenvalue weighted by atomic mass is 10.2. The van der Waals surface area contributed by atoms with Gasteiger partial charge in [0.25, 0.3) is 0 Å². The SMILES string of the molecule is CC[C@@H](C)NC(=O)[C@@H](C)N1CCN(c2oc(C3CC3)nc2C#N)CC1. The van der Waals surface area contributed by atoms with Crippen LogP contribution in [0, 0.1) is 11.3 Å². The molecular weight excluding hydrogens is 318 g/mol. The van der Waals surface area contributed by atoms with Crippen LogP contribution in [0.25, 0.3) is 0 Å². The highest BCUT2D eigenvalue weighted by Gasteiger charge is 2.33. The summed E-state index contributed by atoms with van der Waals surface area (Å²) >= 11 is 0. The molecule has 0 bridgehead atoms. The molecule has 7 heteroatoms. The molecule has 1 N–H and O–H groups in total. The van der Waals surface area contributed by atoms with Crippen molar-refractivity contribution in [2.45, 2.75) is 58.0 Å². The Hall–Kier alpha value is -2.07. The lowest BCUT2D eigenvalue weighted by Crippen LogP contribution is -2.54. The predicted octanol–water partition coefficient (Wildman–Crippen LogP) is 1.85. The standard InChI is InChI=1S/C18H27N5O2/c1-4-12(2)20-16(24)13(3)22-7-9-23(10-8-22)18-15(11-19)21-17(25-18)14-5-6-14/h12-14H,4-10H2,1-3H3,(H,20,24)/t12-,13-/m1/s1. The number of oxazole rings is 1. The molecule has 1 aromatic heterocycles. The molecule has 25 heavy (non-hydrogen) atoms. The first-order chi connectivity index (χ1) is 12.0. The van der Waals surface area contributed by atoms with Crippen LogP contribution >= 0.6 is 0 Å². The molecule has 1 saturated heterocycles. The zero-order chi connectivity index (χ0) is 18.0. The quantitative estimate of drug-likeness (QED) is 0.847. The molecule has 2 atom stereocenters. The Morgan fingerprint density at radius 2 is 2.04 bits per heavy atom. The maximum Gasteiger partial charge on any atom is 0.237 e. The second-order valence-corrected chi connectivity index (χ2v) is 7.11. The number of carbonyl (C=O) groups excluding carboxylic acids is 1. The summed E-state index contributed by atoms with van der Waals surface area (Å²) in [5.41, 5.74) is 0.387. The van der Waals surface area contributed by atoms with Crippen LogP contribution < -0.4 is 10.2 Å². The fourth-order valence-electron chi connectivity index (χ4n) is 3.06. The summed E-state index contributed by atoms with van der Waals surface area (Å²) in [4.78, 5) is 20.9. The molecular formula is C18H27N5O2. The number of piperazine rings is 1. The summed E-state index contributed by atoms with van der Waals surface area (Å²) in [6, 6.07) is 2.20. The average molecular weight is 345 g/mol. The van der Waals surface area contributed by atoms with Crippen LogP contribution in [-0.2, 0) is 4.79 Å². The van der Waals surface area contributed by atoms with Gasteiger partial charge >= 0.3 is 0 Å². The zero-order valence-electron chi connectivity index (χ0n) is 15.3. The van der Waals surface area contributed by atoms with E-state index in [1.54, 1.807) is 0 Å². The van der Waals surface area contributed by atoms with E-state index in [1.807, 2.05) is 13.8 Å². The van der Waals surface area contributed by atoms with Crippen LogP contribution in [0.1, 0.15) is 57.5 Å². The van der Waals surface area contributed by atoms with Gasteiger partial charge in [-0.05, 0) is 33.1 Å². The molecule has 0 radical (unpaired) electrons. The van der Waals surface area contributed by atoms with Crippen molar-refractivity contribution in [1.29, 1.82) is 5.26 Å². The van der Waals surface area contributed by atoms with Crippen LogP contribution in [0.2, 0.25) is 0 Å². The van der Waals surface area contributed by atoms with Gasteiger partial charge in [-0.1, -0.05) is 6.92 Å². The first-order valence-corrected chi connectivity index (χ1v) is 9.23. The van der Waals surface area contributed by atoms with E-state index >= 15 is 0 Å². The Morgan fingerprint density at radius 1 is 1.36 bits per heavy atom. The van der Waals surface area contributed by atoms with Crippen molar-refractivity contribution >= 4 is 11.8 Å². The maximum atomic E-state index is 12.3. The van der Waals surface area contributed by atoms with Gasteiger partial charge in [0.1, 0.15) is 6.07 Å². The maximum absolute atomic E-state index is 12.3. The van der Waals surface area contributed by atoms with Gasteiger partial charge in [0.05, 0.1) is 6.04 Å². The van der Waals surface area contributed by atoms with Gasteiger partial charge in [0.2, 0.25) is 23.4 Å². The molecule has 0 unspecified atom stereocenters. The molecule has 136 valence electrons. The lowest BCUT2D eigenvalue weighted by Gasteiger charge is -2.37. The molecule has 2 fully saturated rings. The highest BCUT2D eigenvalue weighted by molar-refractivity contribution is 5.81. The van der Waals surface area contributed by atoms with E-state index in [-0.39, 0.29) is 18.0 Å². The molecule has 0 aromatic carbocycles. The number of nitrogens with one attached hydrogen (secondary N) is 1. The fourth-order valence-corrected chi connectivity index (χ4v) is 3.06. The molecule has 2 aliphatic rings. The molecule has 7 nitrogen and oxygen atoms in total. The van der Waals surface area contributed by atoms with Gasteiger partial charge in [0, 0.05) is 38.1 Å². The molecule has 1 amide bonds. The molecule has 1 aromatic rings. The van der Waals surface area contributed by atoms with Gasteiger partial charge in [-0.3, -0.25) is 9.69 Å². The number of rotatable bonds is 6. The van der Waals surface area contributed by atoms with Crippen molar-refractivity contribution in [2.24, 2.45) is 0 Å². The van der Waals surface area contributed by atoms with E-state index in [0.717, 1.165) is 45.4 Å². The third-order valence-electron chi connectivity index (χ3n) is 5.19. The lowest BCUT2D eigenvalue weighted by molar-refractivity contribution is -0.126. The minimum Gasteiger partial charge on any atom is -0.423 e. The Kier molecular flexibility index (Phi) is 5.28. The minimum absolute atomic E-state index is 0.0798. The van der Waals surface area contributed by atoms with Crippen molar-refractivity contribution < 1.29 is 9.21 Å². The normalized spacial score (nSPS) is 20.8. The van der Waals surface area contributed by atoms with Crippen molar-refractivity contribution in [3.05, 3.63) is 11.6 Å². The fraction of sp³-hybridized carbons (Fsp3) is 0.722. The van der Waals surface area contributed by atoms with E-state index in [2.05, 4.69) is 33.1 Å². The summed E-state index contributed by atoms with van der Waals surface area (Å²) in [6.07, 6.45) is 3.13. The predicted molar refractivity (Wildman–Crippen MR) is 94.3 cm³/mol. The Labute approximate surface area is 149 Å². The van der Waals surface area contributed by atoms with E-state index in [1.165, 1.54) is 0 Å². The number of hydrogen-bond acceptors (Lipinski definition) is 6. The van der Waals surface area contributed by atoms with Crippen LogP contribution in [0.4, 0.5) is 5.88 Å². The first-order valence-electron chi connectivity index (χ1n) is 9.23. The van der Waals surface area contributed by atoms with E-state index in [4.69, 9.17) is 4.42 Å². The number of amides is 1. The first kappa shape index (κ1) is 17.7. The molecule has 0 spiro atoms. The largest absolute Gasteiger partial charge is 0.423 e. The Balaban J connectivity index is 1.58. The topological polar surface area (TPSA) is 85.4 Å². The van der Waals surface area contributed by atoms with Gasteiger partial charge in [0.15, 0.2) is 0 Å². The van der Waals surface area contributed by atoms with E-state index in [0.29, 0.717) is 23.4 Å². The van der Waals surface area contributed by atoms with Crippen LogP contribution in [0.3, 0.4) is 0 Å². The van der Waals surface area contributed by atoms with Gasteiger partial charge in [-0.25, -0.2) is 4.98 Å². The van der Waals surface area contributed by atoms with Crippen molar-refractivity contribution in [3.63, 3.8) is 0 Å². The second-order valence-electron chi connectivity index (χ2n) is 7.11. The molecule has 2 heterocycles. The number of carbonyl (C=O) groups is 1. The third kappa shape index (κ3) is 3.96. The highest BCUT2D eigenvalue weighted by Crippen LogP contribution is 2.41. The van der Waals surface area contributed by atoms with Crippen molar-refractivity contribution in [1.82, 2.24) is 15.2 Å². The minimum atomic E-state index is -0.150. The summed E-state index contributed by atoms with van der Waals surface area (Å²) < 4.78 is 5.87. The Bertz CT molecular complexity index is 653. The summed E-state index contributed by atoms with van der Waals surface area (Å²) in [7, 11) is 0. The number of anilines is 1. The summed E-state index contributed by atoms with van der Waals surface area (Å²) in [5.74, 6) is 1.78. The van der Waals surface area contributed by atoms with Gasteiger partial charge in [-0.15, -0.1) is 0 Å². The molecule has 1 aliphatic heterocycles. The van der Waals surface area contributed by atoms with Gasteiger partial charge < -0.3 is 14.6 Å².